The zero-order valence-electron chi connectivity index (χ0n) is 15.6. The maximum atomic E-state index is 12.4. The first kappa shape index (κ1) is 20.0. The summed E-state index contributed by atoms with van der Waals surface area (Å²) in [7, 11) is 3.76. The predicted molar refractivity (Wildman–Crippen MR) is 95.0 cm³/mol. The zero-order chi connectivity index (χ0) is 20.3. The highest BCUT2D eigenvalue weighted by molar-refractivity contribution is 5.99. The van der Waals surface area contributed by atoms with Crippen LogP contribution < -0.4 is 10.1 Å². The lowest BCUT2D eigenvalue weighted by Crippen LogP contribution is -2.32. The van der Waals surface area contributed by atoms with Gasteiger partial charge < -0.3 is 19.5 Å². The van der Waals surface area contributed by atoms with Gasteiger partial charge in [0.2, 0.25) is 0 Å². The minimum absolute atomic E-state index is 0.0679. The van der Waals surface area contributed by atoms with Gasteiger partial charge in [0.05, 0.1) is 43.3 Å². The Hall–Kier alpha value is -3.36. The van der Waals surface area contributed by atoms with Crippen LogP contribution in [0.3, 0.4) is 0 Å². The van der Waals surface area contributed by atoms with Crippen molar-refractivity contribution >= 4 is 17.6 Å². The van der Waals surface area contributed by atoms with Gasteiger partial charge in [-0.25, -0.2) is 9.59 Å². The Morgan fingerprint density at radius 1 is 1.04 bits per heavy atom. The molecule has 1 aromatic rings. The number of nitro benzene ring substituents is 1. The highest BCUT2D eigenvalue weighted by atomic mass is 16.6. The number of carbonyl (C=O) groups excluding carboxylic acids is 2. The summed E-state index contributed by atoms with van der Waals surface area (Å²) in [5.74, 6) is -2.14. The van der Waals surface area contributed by atoms with Gasteiger partial charge in [0.15, 0.2) is 5.75 Å². The van der Waals surface area contributed by atoms with Gasteiger partial charge in [-0.15, -0.1) is 0 Å². The van der Waals surface area contributed by atoms with Crippen molar-refractivity contribution in [1.29, 1.82) is 0 Å². The number of carbonyl (C=O) groups is 2. The highest BCUT2D eigenvalue weighted by Crippen LogP contribution is 2.41. The molecule has 1 N–H and O–H groups in total. The Balaban J connectivity index is 2.77. The molecule has 0 aromatic heterocycles. The van der Waals surface area contributed by atoms with E-state index in [0.717, 1.165) is 0 Å². The molecule has 0 radical (unpaired) electrons. The Bertz CT molecular complexity index is 832. The van der Waals surface area contributed by atoms with Crippen molar-refractivity contribution in [3.05, 3.63) is 56.4 Å². The topological polar surface area (TPSA) is 117 Å². The number of dihydropyridines is 1. The fraction of sp³-hybridized carbons (Fsp3) is 0.333. The van der Waals surface area contributed by atoms with E-state index < -0.39 is 22.8 Å². The Morgan fingerprint density at radius 2 is 1.56 bits per heavy atom. The van der Waals surface area contributed by atoms with Crippen LogP contribution in [0.2, 0.25) is 0 Å². The number of benzene rings is 1. The summed E-state index contributed by atoms with van der Waals surface area (Å²) in [5, 5.41) is 14.4. The van der Waals surface area contributed by atoms with Crippen LogP contribution in [0.4, 0.5) is 5.69 Å². The third-order valence-electron chi connectivity index (χ3n) is 4.30. The van der Waals surface area contributed by atoms with Crippen LogP contribution in [0, 0.1) is 10.1 Å². The van der Waals surface area contributed by atoms with Crippen LogP contribution in [0.1, 0.15) is 25.3 Å². The predicted octanol–water partition coefficient (Wildman–Crippen LogP) is 2.18. The molecule has 2 rings (SSSR count). The van der Waals surface area contributed by atoms with E-state index in [0.29, 0.717) is 17.0 Å². The minimum Gasteiger partial charge on any atom is -0.490 e. The van der Waals surface area contributed by atoms with E-state index >= 15 is 0 Å². The molecule has 9 heteroatoms. The van der Waals surface area contributed by atoms with Gasteiger partial charge >= 0.3 is 17.6 Å². The van der Waals surface area contributed by atoms with Crippen LogP contribution in [-0.2, 0) is 19.1 Å². The Morgan fingerprint density at radius 3 is 1.96 bits per heavy atom. The second-order valence-electron chi connectivity index (χ2n) is 5.81. The molecule has 0 saturated carbocycles. The van der Waals surface area contributed by atoms with Gasteiger partial charge in [0.1, 0.15) is 0 Å². The van der Waals surface area contributed by atoms with Crippen molar-refractivity contribution in [2.45, 2.75) is 19.8 Å². The second kappa shape index (κ2) is 7.90. The normalized spacial score (nSPS) is 14.6. The van der Waals surface area contributed by atoms with Crippen molar-refractivity contribution in [1.82, 2.24) is 5.32 Å². The maximum Gasteiger partial charge on any atom is 0.336 e. The van der Waals surface area contributed by atoms with E-state index in [1.54, 1.807) is 19.9 Å². The number of ether oxygens (including phenoxy) is 3. The van der Waals surface area contributed by atoms with Gasteiger partial charge in [0, 0.05) is 17.5 Å². The molecule has 1 aliphatic rings. The summed E-state index contributed by atoms with van der Waals surface area (Å²) in [5.41, 5.74) is 1.39. The van der Waals surface area contributed by atoms with Crippen LogP contribution in [-0.4, -0.2) is 38.2 Å². The average Bonchev–Trinajstić information content (AvgIpc) is 2.65. The quantitative estimate of drug-likeness (QED) is 0.472. The first-order chi connectivity index (χ1) is 12.8. The number of esters is 2. The number of allylic oxidation sites excluding steroid dienone is 2. The first-order valence-corrected chi connectivity index (χ1v) is 7.94. The van der Waals surface area contributed by atoms with Crippen molar-refractivity contribution < 1.29 is 28.7 Å². The van der Waals surface area contributed by atoms with E-state index in [9.17, 15) is 19.7 Å². The molecular weight excluding hydrogens is 356 g/mol. The fourth-order valence-electron chi connectivity index (χ4n) is 3.12. The molecule has 9 nitrogen and oxygen atoms in total. The maximum absolute atomic E-state index is 12.4. The molecule has 0 unspecified atom stereocenters. The monoisotopic (exact) mass is 376 g/mol. The molecule has 0 spiro atoms. The smallest absolute Gasteiger partial charge is 0.336 e. The number of nitrogens with zero attached hydrogens (tertiary/aromatic N) is 1. The van der Waals surface area contributed by atoms with E-state index in [1.807, 2.05) is 0 Å². The van der Waals surface area contributed by atoms with Crippen LogP contribution >= 0.6 is 0 Å². The summed E-state index contributed by atoms with van der Waals surface area (Å²) in [4.78, 5) is 35.6. The number of hydrogen-bond acceptors (Lipinski definition) is 8. The molecule has 0 aliphatic carbocycles. The number of rotatable bonds is 5. The lowest BCUT2D eigenvalue weighted by molar-refractivity contribution is -0.385. The molecule has 0 fully saturated rings. The molecule has 1 aromatic carbocycles. The molecule has 0 saturated heterocycles. The third kappa shape index (κ3) is 3.62. The highest BCUT2D eigenvalue weighted by Gasteiger charge is 2.38. The molecule has 144 valence electrons. The lowest BCUT2D eigenvalue weighted by Gasteiger charge is -2.30. The SMILES string of the molecule is COC(=O)C1=C(C)NC(C)=C(C(=O)OC)C1c1ccc(OC)c([N+](=O)[O-])c1. The molecule has 0 atom stereocenters. The van der Waals surface area contributed by atoms with Gasteiger partial charge in [-0.3, -0.25) is 10.1 Å². The molecule has 27 heavy (non-hydrogen) atoms. The van der Waals surface area contributed by atoms with E-state index in [4.69, 9.17) is 14.2 Å². The van der Waals surface area contributed by atoms with Gasteiger partial charge in [-0.1, -0.05) is 6.07 Å². The average molecular weight is 376 g/mol. The summed E-state index contributed by atoms with van der Waals surface area (Å²) in [6.07, 6.45) is 0. The van der Waals surface area contributed by atoms with Crippen molar-refractivity contribution in [2.24, 2.45) is 0 Å². The first-order valence-electron chi connectivity index (χ1n) is 7.94. The summed E-state index contributed by atoms with van der Waals surface area (Å²) in [6, 6.07) is 4.26. The Labute approximate surface area is 155 Å². The van der Waals surface area contributed by atoms with Gasteiger partial charge in [0.25, 0.3) is 0 Å². The van der Waals surface area contributed by atoms with Crippen LogP contribution in [0.25, 0.3) is 0 Å². The van der Waals surface area contributed by atoms with Gasteiger partial charge in [-0.2, -0.15) is 0 Å². The summed E-state index contributed by atoms with van der Waals surface area (Å²) in [6.45, 7) is 3.32. The molecule has 0 bridgehead atoms. The van der Waals surface area contributed by atoms with Crippen molar-refractivity contribution in [3.63, 3.8) is 0 Å². The number of hydrogen-bond donors (Lipinski definition) is 1. The van der Waals surface area contributed by atoms with Gasteiger partial charge in [-0.05, 0) is 25.5 Å². The minimum atomic E-state index is -0.893. The van der Waals surface area contributed by atoms with Crippen molar-refractivity contribution in [2.75, 3.05) is 21.3 Å². The molecule has 0 amide bonds. The summed E-state index contributed by atoms with van der Waals surface area (Å²) < 4.78 is 14.7. The van der Waals surface area contributed by atoms with E-state index in [-0.39, 0.29) is 22.6 Å². The largest absolute Gasteiger partial charge is 0.490 e. The molecule has 1 heterocycles. The molecule has 1 aliphatic heterocycles. The number of nitrogens with one attached hydrogen (secondary N) is 1. The van der Waals surface area contributed by atoms with E-state index in [2.05, 4.69) is 5.32 Å². The number of methoxy groups -OCH3 is 3. The Kier molecular flexibility index (Phi) is 5.84. The fourth-order valence-corrected chi connectivity index (χ4v) is 3.12. The van der Waals surface area contributed by atoms with Crippen LogP contribution in [0.5, 0.6) is 5.75 Å². The third-order valence-corrected chi connectivity index (χ3v) is 4.30. The van der Waals surface area contributed by atoms with E-state index in [1.165, 1.54) is 33.5 Å². The van der Waals surface area contributed by atoms with Crippen LogP contribution in [0.15, 0.2) is 40.7 Å². The van der Waals surface area contributed by atoms with Crippen molar-refractivity contribution in [3.8, 4) is 5.75 Å². The lowest BCUT2D eigenvalue weighted by atomic mass is 9.80. The molecular formula is C18H20N2O7. The second-order valence-corrected chi connectivity index (χ2v) is 5.81. The standard InChI is InChI=1S/C18H20N2O7/c1-9-14(17(21)26-4)16(15(10(2)19-9)18(22)27-5)11-6-7-13(25-3)12(8-11)20(23)24/h6-8,16,19H,1-5H3. The summed E-state index contributed by atoms with van der Waals surface area (Å²) >= 11 is 0. The zero-order valence-corrected chi connectivity index (χ0v) is 15.6. The number of nitro groups is 1.